The van der Waals surface area contributed by atoms with E-state index in [9.17, 15) is 0 Å². The van der Waals surface area contributed by atoms with E-state index >= 15 is 0 Å². The summed E-state index contributed by atoms with van der Waals surface area (Å²) in [5.41, 5.74) is 2.82. The Morgan fingerprint density at radius 1 is 1.16 bits per heavy atom. The summed E-state index contributed by atoms with van der Waals surface area (Å²) in [6.45, 7) is 6.67. The van der Waals surface area contributed by atoms with Crippen LogP contribution in [0.2, 0.25) is 0 Å². The van der Waals surface area contributed by atoms with Gasteiger partial charge < -0.3 is 0 Å². The van der Waals surface area contributed by atoms with Gasteiger partial charge in [-0.2, -0.15) is 5.06 Å². The van der Waals surface area contributed by atoms with E-state index in [4.69, 9.17) is 4.84 Å². The Labute approximate surface area is 116 Å². The number of rotatable bonds is 1. The lowest BCUT2D eigenvalue weighted by Gasteiger charge is -2.35. The molecule has 2 nitrogen and oxygen atoms in total. The molecule has 0 N–H and O–H groups in total. The molecule has 2 heteroatoms. The molecule has 1 fully saturated rings. The van der Waals surface area contributed by atoms with Gasteiger partial charge in [0, 0.05) is 5.54 Å². The number of benzene rings is 1. The van der Waals surface area contributed by atoms with Crippen LogP contribution in [0.4, 0.5) is 0 Å². The van der Waals surface area contributed by atoms with Crippen molar-refractivity contribution in [1.82, 2.24) is 5.06 Å². The van der Waals surface area contributed by atoms with Crippen molar-refractivity contribution in [3.05, 3.63) is 47.5 Å². The number of allylic oxidation sites excluding steroid dienone is 1. The molecule has 0 amide bonds. The summed E-state index contributed by atoms with van der Waals surface area (Å²) in [5.74, 6) is 0. The van der Waals surface area contributed by atoms with E-state index in [1.165, 1.54) is 24.0 Å². The minimum atomic E-state index is 0.0126. The second kappa shape index (κ2) is 4.77. The third-order valence-electron chi connectivity index (χ3n) is 3.99. The molecule has 2 aliphatic rings. The average Bonchev–Trinajstić information content (AvgIpc) is 2.79. The molecule has 3 rings (SSSR count). The smallest absolute Gasteiger partial charge is 0.102 e. The zero-order valence-electron chi connectivity index (χ0n) is 12.1. The predicted octanol–water partition coefficient (Wildman–Crippen LogP) is 4.25. The molecule has 0 radical (unpaired) electrons. The third kappa shape index (κ3) is 2.35. The van der Waals surface area contributed by atoms with Gasteiger partial charge in [-0.15, -0.1) is 0 Å². The van der Waals surface area contributed by atoms with E-state index in [0.29, 0.717) is 0 Å². The summed E-state index contributed by atoms with van der Waals surface area (Å²) in [4.78, 5) is 6.26. The predicted molar refractivity (Wildman–Crippen MR) is 77.6 cm³/mol. The summed E-state index contributed by atoms with van der Waals surface area (Å²) in [6.07, 6.45) is 6.28. The lowest BCUT2D eigenvalue weighted by molar-refractivity contribution is -0.214. The van der Waals surface area contributed by atoms with Gasteiger partial charge in [-0.3, -0.25) is 4.84 Å². The lowest BCUT2D eigenvalue weighted by Crippen LogP contribution is -2.40. The summed E-state index contributed by atoms with van der Waals surface area (Å²) >= 11 is 0. The van der Waals surface area contributed by atoms with Gasteiger partial charge in [0.2, 0.25) is 0 Å². The maximum absolute atomic E-state index is 6.26. The molecule has 0 saturated carbocycles. The first-order valence-corrected chi connectivity index (χ1v) is 7.28. The molecule has 0 bridgehead atoms. The number of hydrogen-bond acceptors (Lipinski definition) is 2. The minimum Gasteiger partial charge on any atom is -0.290 e. The van der Waals surface area contributed by atoms with Crippen molar-refractivity contribution in [3.63, 3.8) is 0 Å². The maximum Gasteiger partial charge on any atom is 0.102 e. The molecule has 0 spiro atoms. The van der Waals surface area contributed by atoms with Gasteiger partial charge in [-0.25, -0.2) is 0 Å². The van der Waals surface area contributed by atoms with Gasteiger partial charge in [0.25, 0.3) is 0 Å². The van der Waals surface area contributed by atoms with Crippen LogP contribution in [0.25, 0.3) is 0 Å². The average molecular weight is 257 g/mol. The molecular weight excluding hydrogens is 234 g/mol. The van der Waals surface area contributed by atoms with Crippen molar-refractivity contribution in [3.8, 4) is 0 Å². The van der Waals surface area contributed by atoms with Crippen LogP contribution in [-0.4, -0.2) is 16.7 Å². The van der Waals surface area contributed by atoms with Gasteiger partial charge in [0.15, 0.2) is 0 Å². The van der Waals surface area contributed by atoms with Crippen LogP contribution in [0, 0.1) is 0 Å². The summed E-state index contributed by atoms with van der Waals surface area (Å²) in [7, 11) is 0. The molecule has 0 aromatic heterocycles. The molecule has 1 saturated heterocycles. The summed E-state index contributed by atoms with van der Waals surface area (Å²) < 4.78 is 0. The molecule has 2 atom stereocenters. The molecule has 1 aromatic carbocycles. The van der Waals surface area contributed by atoms with E-state index in [1.807, 2.05) is 0 Å². The largest absolute Gasteiger partial charge is 0.290 e. The Kier molecular flexibility index (Phi) is 3.23. The fourth-order valence-corrected chi connectivity index (χ4v) is 3.11. The van der Waals surface area contributed by atoms with Crippen molar-refractivity contribution in [2.75, 3.05) is 0 Å². The van der Waals surface area contributed by atoms with Crippen LogP contribution in [0.5, 0.6) is 0 Å². The molecule has 19 heavy (non-hydrogen) atoms. The van der Waals surface area contributed by atoms with Gasteiger partial charge in [-0.05, 0) is 51.2 Å². The molecular formula is C17H23NO. The number of hydrogen-bond donors (Lipinski definition) is 0. The Morgan fingerprint density at radius 2 is 1.89 bits per heavy atom. The quantitative estimate of drug-likeness (QED) is 0.697. The van der Waals surface area contributed by atoms with Crippen molar-refractivity contribution >= 4 is 0 Å². The van der Waals surface area contributed by atoms with Crippen LogP contribution in [0.3, 0.4) is 0 Å². The summed E-state index contributed by atoms with van der Waals surface area (Å²) in [6, 6.07) is 11.0. The van der Waals surface area contributed by atoms with Crippen LogP contribution in [0.15, 0.2) is 42.0 Å². The van der Waals surface area contributed by atoms with E-state index in [1.54, 1.807) is 0 Å². The van der Waals surface area contributed by atoms with Crippen LogP contribution >= 0.6 is 0 Å². The first kappa shape index (κ1) is 12.9. The standard InChI is InChI=1S/C17H23NO/c1-17(2,3)18-16(13-9-5-4-6-10-13)14-11-7-8-12-15(14)19-18/h4-6,9-11,15-16H,7-8,12H2,1-3H3/t15-,16-/m0/s1. The van der Waals surface area contributed by atoms with Crippen molar-refractivity contribution in [2.45, 2.75) is 57.7 Å². The number of hydroxylamine groups is 2. The van der Waals surface area contributed by atoms with Gasteiger partial charge in [0.05, 0.1) is 6.04 Å². The Bertz CT molecular complexity index is 472. The topological polar surface area (TPSA) is 12.5 Å². The molecule has 1 aliphatic heterocycles. The van der Waals surface area contributed by atoms with Crippen LogP contribution in [0.1, 0.15) is 51.6 Å². The highest BCUT2D eigenvalue weighted by molar-refractivity contribution is 5.33. The van der Waals surface area contributed by atoms with Gasteiger partial charge >= 0.3 is 0 Å². The first-order chi connectivity index (χ1) is 9.07. The third-order valence-corrected chi connectivity index (χ3v) is 3.99. The monoisotopic (exact) mass is 257 g/mol. The summed E-state index contributed by atoms with van der Waals surface area (Å²) in [5, 5.41) is 2.20. The molecule has 1 aliphatic carbocycles. The normalized spacial score (nSPS) is 28.1. The zero-order valence-corrected chi connectivity index (χ0v) is 12.1. The molecule has 102 valence electrons. The second-order valence-electron chi connectivity index (χ2n) is 6.54. The minimum absolute atomic E-state index is 0.0126. The Morgan fingerprint density at radius 3 is 2.58 bits per heavy atom. The van der Waals surface area contributed by atoms with Crippen molar-refractivity contribution in [1.29, 1.82) is 0 Å². The van der Waals surface area contributed by atoms with Crippen molar-refractivity contribution < 1.29 is 4.84 Å². The number of nitrogens with zero attached hydrogens (tertiary/aromatic N) is 1. The highest BCUT2D eigenvalue weighted by Crippen LogP contribution is 2.46. The molecule has 0 unspecified atom stereocenters. The second-order valence-corrected chi connectivity index (χ2v) is 6.54. The molecule has 1 aromatic rings. The SMILES string of the molecule is CC(C)(C)N1O[C@H]2CCCC=C2[C@@H]1c1ccccc1. The highest BCUT2D eigenvalue weighted by Gasteiger charge is 2.44. The van der Waals surface area contributed by atoms with E-state index in [0.717, 1.165) is 6.42 Å². The van der Waals surface area contributed by atoms with Crippen LogP contribution in [-0.2, 0) is 4.84 Å². The Balaban J connectivity index is 2.02. The fraction of sp³-hybridized carbons (Fsp3) is 0.529. The highest BCUT2D eigenvalue weighted by atomic mass is 16.7. The fourth-order valence-electron chi connectivity index (χ4n) is 3.11. The van der Waals surface area contributed by atoms with Crippen LogP contribution < -0.4 is 0 Å². The van der Waals surface area contributed by atoms with Gasteiger partial charge in [-0.1, -0.05) is 36.4 Å². The first-order valence-electron chi connectivity index (χ1n) is 7.28. The van der Waals surface area contributed by atoms with E-state index in [-0.39, 0.29) is 17.7 Å². The maximum atomic E-state index is 6.26. The lowest BCUT2D eigenvalue weighted by atomic mass is 9.87. The molecule has 1 heterocycles. The van der Waals surface area contributed by atoms with E-state index < -0.39 is 0 Å². The number of fused-ring (bicyclic) bond motifs is 1. The van der Waals surface area contributed by atoms with Crippen molar-refractivity contribution in [2.24, 2.45) is 0 Å². The van der Waals surface area contributed by atoms with E-state index in [2.05, 4.69) is 62.2 Å². The van der Waals surface area contributed by atoms with Gasteiger partial charge in [0.1, 0.15) is 6.10 Å². The Hall–Kier alpha value is -1.12. The zero-order chi connectivity index (χ0) is 13.5.